The van der Waals surface area contributed by atoms with Gasteiger partial charge in [0.2, 0.25) is 0 Å². The summed E-state index contributed by atoms with van der Waals surface area (Å²) in [6.45, 7) is 8.68. The van der Waals surface area contributed by atoms with Crippen LogP contribution in [-0.4, -0.2) is 61.8 Å². The van der Waals surface area contributed by atoms with Crippen LogP contribution in [0, 0.1) is 11.6 Å². The molecule has 0 saturated carbocycles. The van der Waals surface area contributed by atoms with Gasteiger partial charge < -0.3 is 25.2 Å². The Balaban J connectivity index is 1.37. The normalized spacial score (nSPS) is 16.4. The van der Waals surface area contributed by atoms with E-state index in [0.717, 1.165) is 18.5 Å². The zero-order valence-corrected chi connectivity index (χ0v) is 20.9. The number of anilines is 2. The molecular formula is C27H32F2N4O3. The molecule has 192 valence electrons. The van der Waals surface area contributed by atoms with Gasteiger partial charge in [-0.05, 0) is 69.6 Å². The van der Waals surface area contributed by atoms with Crippen LogP contribution < -0.4 is 15.5 Å². The van der Waals surface area contributed by atoms with Gasteiger partial charge >= 0.3 is 6.09 Å². The molecule has 0 aromatic heterocycles. The number of nitrogens with one attached hydrogen (secondary N) is 2. The van der Waals surface area contributed by atoms with Gasteiger partial charge in [-0.25, -0.2) is 13.6 Å². The predicted octanol–water partition coefficient (Wildman–Crippen LogP) is 4.65. The van der Waals surface area contributed by atoms with Gasteiger partial charge in [-0.2, -0.15) is 0 Å². The van der Waals surface area contributed by atoms with Crippen molar-refractivity contribution in [2.45, 2.75) is 32.8 Å². The summed E-state index contributed by atoms with van der Waals surface area (Å²) in [4.78, 5) is 28.4. The maximum atomic E-state index is 14.9. The van der Waals surface area contributed by atoms with E-state index in [1.807, 2.05) is 31.7 Å². The Morgan fingerprint density at radius 3 is 2.36 bits per heavy atom. The summed E-state index contributed by atoms with van der Waals surface area (Å²) in [7, 11) is 0. The van der Waals surface area contributed by atoms with Gasteiger partial charge in [-0.1, -0.05) is 12.1 Å². The van der Waals surface area contributed by atoms with E-state index in [9.17, 15) is 18.4 Å². The molecule has 2 amide bonds. The average Bonchev–Trinajstić information content (AvgIpc) is 2.84. The second-order valence-electron chi connectivity index (χ2n) is 9.95. The van der Waals surface area contributed by atoms with Crippen LogP contribution in [0.1, 0.15) is 43.1 Å². The highest BCUT2D eigenvalue weighted by molar-refractivity contribution is 6.04. The second-order valence-corrected chi connectivity index (χ2v) is 9.95. The highest BCUT2D eigenvalue weighted by Gasteiger charge is 2.27. The number of carbonyl (C=O) groups is 2. The first kappa shape index (κ1) is 25.6. The molecule has 2 aliphatic rings. The van der Waals surface area contributed by atoms with Gasteiger partial charge in [0.05, 0.1) is 5.69 Å². The molecule has 2 aromatic carbocycles. The molecule has 0 aliphatic carbocycles. The van der Waals surface area contributed by atoms with Crippen molar-refractivity contribution in [2.24, 2.45) is 0 Å². The average molecular weight is 499 g/mol. The fourth-order valence-electron chi connectivity index (χ4n) is 4.28. The van der Waals surface area contributed by atoms with Crippen LogP contribution in [0.25, 0.3) is 5.57 Å². The third kappa shape index (κ3) is 6.20. The van der Waals surface area contributed by atoms with E-state index in [2.05, 4.69) is 10.6 Å². The van der Waals surface area contributed by atoms with Gasteiger partial charge in [0.25, 0.3) is 5.91 Å². The molecule has 0 radical (unpaired) electrons. The molecule has 4 rings (SSSR count). The number of amides is 2. The molecule has 2 heterocycles. The van der Waals surface area contributed by atoms with Crippen molar-refractivity contribution in [3.05, 3.63) is 65.2 Å². The largest absolute Gasteiger partial charge is 0.444 e. The number of nitrogens with zero attached hydrogens (tertiary/aromatic N) is 2. The molecule has 9 heteroatoms. The third-order valence-corrected chi connectivity index (χ3v) is 6.12. The maximum Gasteiger partial charge on any atom is 0.410 e. The number of ether oxygens (including phenoxy) is 1. The Labute approximate surface area is 210 Å². The summed E-state index contributed by atoms with van der Waals surface area (Å²) in [5.74, 6) is -1.46. The summed E-state index contributed by atoms with van der Waals surface area (Å²) in [5.41, 5.74) is 1.67. The van der Waals surface area contributed by atoms with E-state index in [4.69, 9.17) is 4.74 Å². The smallest absolute Gasteiger partial charge is 0.410 e. The molecule has 0 spiro atoms. The molecule has 2 N–H and O–H groups in total. The van der Waals surface area contributed by atoms with Gasteiger partial charge in [0.15, 0.2) is 0 Å². The van der Waals surface area contributed by atoms with Crippen molar-refractivity contribution in [3.63, 3.8) is 0 Å². The predicted molar refractivity (Wildman–Crippen MR) is 136 cm³/mol. The SMILES string of the molecule is CC(C)(C)OC(=O)N1CCN(c2ccc(NC(=O)c3ccc(C4=CCNCC4)c(F)c3)cc2F)CC1. The van der Waals surface area contributed by atoms with Crippen LogP contribution in [0.15, 0.2) is 42.5 Å². The lowest BCUT2D eigenvalue weighted by Gasteiger charge is -2.36. The highest BCUT2D eigenvalue weighted by Crippen LogP contribution is 2.26. The zero-order chi connectivity index (χ0) is 25.9. The fraction of sp³-hybridized carbons (Fsp3) is 0.407. The van der Waals surface area contributed by atoms with Gasteiger partial charge in [-0.15, -0.1) is 0 Å². The molecule has 2 aromatic rings. The van der Waals surface area contributed by atoms with Crippen molar-refractivity contribution in [1.29, 1.82) is 0 Å². The monoisotopic (exact) mass is 498 g/mol. The zero-order valence-electron chi connectivity index (χ0n) is 20.9. The molecule has 0 bridgehead atoms. The Morgan fingerprint density at radius 1 is 1.00 bits per heavy atom. The third-order valence-electron chi connectivity index (χ3n) is 6.12. The van der Waals surface area contributed by atoms with E-state index in [1.54, 1.807) is 29.2 Å². The first-order chi connectivity index (χ1) is 17.1. The van der Waals surface area contributed by atoms with Crippen LogP contribution in [0.2, 0.25) is 0 Å². The second kappa shape index (κ2) is 10.7. The first-order valence-corrected chi connectivity index (χ1v) is 12.1. The molecule has 0 atom stereocenters. The van der Waals surface area contributed by atoms with E-state index in [-0.39, 0.29) is 17.3 Å². The molecule has 2 aliphatic heterocycles. The summed E-state index contributed by atoms with van der Waals surface area (Å²) < 4.78 is 35.0. The van der Waals surface area contributed by atoms with Crippen molar-refractivity contribution >= 4 is 28.9 Å². The number of rotatable bonds is 4. The number of piperazine rings is 1. The molecule has 0 unspecified atom stereocenters. The Morgan fingerprint density at radius 2 is 1.75 bits per heavy atom. The van der Waals surface area contributed by atoms with Gasteiger partial charge in [-0.3, -0.25) is 4.79 Å². The van der Waals surface area contributed by atoms with Crippen LogP contribution in [0.5, 0.6) is 0 Å². The number of halogens is 2. The molecule has 1 fully saturated rings. The summed E-state index contributed by atoms with van der Waals surface area (Å²) in [6.07, 6.45) is 2.30. The minimum atomic E-state index is -0.570. The van der Waals surface area contributed by atoms with Crippen LogP contribution in [0.3, 0.4) is 0 Å². The van der Waals surface area contributed by atoms with Crippen molar-refractivity contribution in [2.75, 3.05) is 49.5 Å². The quantitative estimate of drug-likeness (QED) is 0.642. The van der Waals surface area contributed by atoms with Gasteiger partial charge in [0.1, 0.15) is 17.2 Å². The number of hydrogen-bond donors (Lipinski definition) is 2. The number of hydrogen-bond acceptors (Lipinski definition) is 5. The van der Waals surface area contributed by atoms with Crippen LogP contribution >= 0.6 is 0 Å². The van der Waals surface area contributed by atoms with Crippen molar-refractivity contribution in [3.8, 4) is 0 Å². The first-order valence-electron chi connectivity index (χ1n) is 12.1. The fourth-order valence-corrected chi connectivity index (χ4v) is 4.28. The Hall–Kier alpha value is -3.46. The van der Waals surface area contributed by atoms with E-state index >= 15 is 0 Å². The molecule has 7 nitrogen and oxygen atoms in total. The minimum Gasteiger partial charge on any atom is -0.444 e. The number of benzene rings is 2. The van der Waals surface area contributed by atoms with Crippen LogP contribution in [0.4, 0.5) is 25.0 Å². The standard InChI is InChI=1S/C27H32F2N4O3/c1-27(2,3)36-26(35)33-14-12-32(13-15-33)24-7-5-20(17-23(24)29)31-25(34)19-4-6-21(22(28)16-19)18-8-10-30-11-9-18/h4-8,16-17,30H,9-15H2,1-3H3,(H,31,34). The lowest BCUT2D eigenvalue weighted by Crippen LogP contribution is -2.50. The molecule has 36 heavy (non-hydrogen) atoms. The summed E-state index contributed by atoms with van der Waals surface area (Å²) in [5, 5.41) is 5.83. The minimum absolute atomic E-state index is 0.161. The lowest BCUT2D eigenvalue weighted by molar-refractivity contribution is 0.0240. The van der Waals surface area contributed by atoms with E-state index in [0.29, 0.717) is 44.0 Å². The lowest BCUT2D eigenvalue weighted by atomic mass is 9.98. The van der Waals surface area contributed by atoms with Crippen molar-refractivity contribution in [1.82, 2.24) is 10.2 Å². The highest BCUT2D eigenvalue weighted by atomic mass is 19.1. The van der Waals surface area contributed by atoms with E-state index in [1.165, 1.54) is 12.1 Å². The summed E-state index contributed by atoms with van der Waals surface area (Å²) >= 11 is 0. The topological polar surface area (TPSA) is 73.9 Å². The Kier molecular flexibility index (Phi) is 7.59. The van der Waals surface area contributed by atoms with Crippen molar-refractivity contribution < 1.29 is 23.1 Å². The van der Waals surface area contributed by atoms with E-state index < -0.39 is 23.1 Å². The number of carbonyl (C=O) groups excluding carboxylic acids is 2. The van der Waals surface area contributed by atoms with Crippen LogP contribution in [-0.2, 0) is 4.74 Å². The van der Waals surface area contributed by atoms with Gasteiger partial charge in [0, 0.05) is 49.5 Å². The maximum absolute atomic E-state index is 14.9. The summed E-state index contributed by atoms with van der Waals surface area (Å²) in [6, 6.07) is 8.86. The Bertz CT molecular complexity index is 1170. The molecular weight excluding hydrogens is 466 g/mol. The molecule has 1 saturated heterocycles.